The first-order valence-corrected chi connectivity index (χ1v) is 6.98. The summed E-state index contributed by atoms with van der Waals surface area (Å²) in [6.07, 6.45) is 5.82. The van der Waals surface area contributed by atoms with Gasteiger partial charge < -0.3 is 5.11 Å². The van der Waals surface area contributed by atoms with Crippen LogP contribution in [0.3, 0.4) is 0 Å². The molecule has 1 aliphatic carbocycles. The molecule has 3 atom stereocenters. The number of hydrogen-bond acceptors (Lipinski definition) is 4. The van der Waals surface area contributed by atoms with Crippen LogP contribution < -0.4 is 0 Å². The van der Waals surface area contributed by atoms with Gasteiger partial charge in [0, 0.05) is 0 Å². The molecule has 1 aromatic heterocycles. The maximum absolute atomic E-state index is 10.4. The number of aryl methyl sites for hydroxylation is 1. The van der Waals surface area contributed by atoms with Crippen molar-refractivity contribution in [3.63, 3.8) is 0 Å². The number of aromatic nitrogens is 2. The molecular weight excluding hydrogens is 220 g/mol. The second kappa shape index (κ2) is 5.23. The van der Waals surface area contributed by atoms with E-state index in [1.54, 1.807) is 0 Å². The molecule has 0 aliphatic heterocycles. The SMILES string of the molecule is CCC1CCCCC1C(O)c1snnc1C. The van der Waals surface area contributed by atoms with Crippen LogP contribution in [0.1, 0.15) is 55.7 Å². The normalized spacial score (nSPS) is 27.9. The molecule has 16 heavy (non-hydrogen) atoms. The van der Waals surface area contributed by atoms with E-state index in [0.717, 1.165) is 17.0 Å². The second-order valence-electron chi connectivity index (χ2n) is 4.78. The fraction of sp³-hybridized carbons (Fsp3) is 0.833. The van der Waals surface area contributed by atoms with Crippen LogP contribution >= 0.6 is 11.5 Å². The summed E-state index contributed by atoms with van der Waals surface area (Å²) in [5.74, 6) is 1.09. The minimum atomic E-state index is -0.342. The van der Waals surface area contributed by atoms with Gasteiger partial charge in [0.2, 0.25) is 0 Å². The maximum Gasteiger partial charge on any atom is 0.0947 e. The Labute approximate surface area is 101 Å². The maximum atomic E-state index is 10.4. The zero-order valence-electron chi connectivity index (χ0n) is 10.0. The Morgan fingerprint density at radius 2 is 2.19 bits per heavy atom. The van der Waals surface area contributed by atoms with Gasteiger partial charge in [0.25, 0.3) is 0 Å². The fourth-order valence-electron chi connectivity index (χ4n) is 2.86. The lowest BCUT2D eigenvalue weighted by Crippen LogP contribution is -2.25. The average Bonchev–Trinajstić information content (AvgIpc) is 2.74. The van der Waals surface area contributed by atoms with Crippen molar-refractivity contribution in [2.75, 3.05) is 0 Å². The molecule has 0 saturated heterocycles. The van der Waals surface area contributed by atoms with Crippen LogP contribution in [-0.2, 0) is 0 Å². The molecule has 90 valence electrons. The molecule has 2 rings (SSSR count). The first-order valence-electron chi connectivity index (χ1n) is 6.21. The highest BCUT2D eigenvalue weighted by atomic mass is 32.1. The van der Waals surface area contributed by atoms with E-state index in [-0.39, 0.29) is 6.10 Å². The summed E-state index contributed by atoms with van der Waals surface area (Å²) in [5, 5.41) is 14.4. The highest BCUT2D eigenvalue weighted by Crippen LogP contribution is 2.41. The quantitative estimate of drug-likeness (QED) is 0.883. The molecular formula is C12H20N2OS. The molecule has 4 heteroatoms. The van der Waals surface area contributed by atoms with E-state index in [4.69, 9.17) is 0 Å². The van der Waals surface area contributed by atoms with Gasteiger partial charge in [-0.05, 0) is 36.7 Å². The molecule has 0 spiro atoms. The van der Waals surface area contributed by atoms with Gasteiger partial charge in [-0.1, -0.05) is 37.1 Å². The Balaban J connectivity index is 2.13. The molecule has 0 aromatic carbocycles. The van der Waals surface area contributed by atoms with Gasteiger partial charge in [-0.3, -0.25) is 0 Å². The fourth-order valence-corrected chi connectivity index (χ4v) is 3.57. The minimum Gasteiger partial charge on any atom is -0.387 e. The van der Waals surface area contributed by atoms with Crippen molar-refractivity contribution in [2.24, 2.45) is 11.8 Å². The van der Waals surface area contributed by atoms with E-state index in [0.29, 0.717) is 11.8 Å². The molecule has 1 aromatic rings. The topological polar surface area (TPSA) is 46.0 Å². The molecule has 1 N–H and O–H groups in total. The summed E-state index contributed by atoms with van der Waals surface area (Å²) in [7, 11) is 0. The molecule has 0 amide bonds. The first-order chi connectivity index (χ1) is 7.74. The van der Waals surface area contributed by atoms with E-state index in [9.17, 15) is 5.11 Å². The summed E-state index contributed by atoms with van der Waals surface area (Å²) in [5.41, 5.74) is 0.901. The third-order valence-corrected chi connectivity index (χ3v) is 4.75. The summed E-state index contributed by atoms with van der Waals surface area (Å²) in [4.78, 5) is 0.977. The van der Waals surface area contributed by atoms with Crippen LogP contribution in [0, 0.1) is 18.8 Å². The van der Waals surface area contributed by atoms with Crippen LogP contribution in [-0.4, -0.2) is 14.7 Å². The second-order valence-corrected chi connectivity index (χ2v) is 5.57. The van der Waals surface area contributed by atoms with Crippen molar-refractivity contribution in [2.45, 2.75) is 52.1 Å². The Bertz CT molecular complexity index is 340. The summed E-state index contributed by atoms with van der Waals surface area (Å²) < 4.78 is 3.92. The van der Waals surface area contributed by atoms with Crippen molar-refractivity contribution in [1.82, 2.24) is 9.59 Å². The molecule has 3 nitrogen and oxygen atoms in total. The Kier molecular flexibility index (Phi) is 3.92. The van der Waals surface area contributed by atoms with Crippen LogP contribution in [0.5, 0.6) is 0 Å². The third-order valence-electron chi connectivity index (χ3n) is 3.85. The van der Waals surface area contributed by atoms with Gasteiger partial charge in [-0.15, -0.1) is 5.10 Å². The van der Waals surface area contributed by atoms with E-state index in [1.165, 1.54) is 37.2 Å². The lowest BCUT2D eigenvalue weighted by atomic mass is 9.74. The molecule has 3 unspecified atom stereocenters. The standard InChI is InChI=1S/C12H20N2OS/c1-3-9-6-4-5-7-10(9)11(15)12-8(2)13-14-16-12/h9-11,15H,3-7H2,1-2H3. The first kappa shape index (κ1) is 12.0. The van der Waals surface area contributed by atoms with E-state index in [1.807, 2.05) is 6.92 Å². The molecule has 1 aliphatic rings. The van der Waals surface area contributed by atoms with Gasteiger partial charge in [-0.2, -0.15) is 0 Å². The molecule has 0 bridgehead atoms. The Morgan fingerprint density at radius 1 is 1.44 bits per heavy atom. The molecule has 0 radical (unpaired) electrons. The number of aliphatic hydroxyl groups is 1. The number of aliphatic hydroxyl groups excluding tert-OH is 1. The van der Waals surface area contributed by atoms with Crippen LogP contribution in [0.4, 0.5) is 0 Å². The van der Waals surface area contributed by atoms with Crippen LogP contribution in [0.25, 0.3) is 0 Å². The van der Waals surface area contributed by atoms with Crippen molar-refractivity contribution in [3.05, 3.63) is 10.6 Å². The van der Waals surface area contributed by atoms with Crippen LogP contribution in [0.2, 0.25) is 0 Å². The molecule has 1 saturated carbocycles. The summed E-state index contributed by atoms with van der Waals surface area (Å²) in [6, 6.07) is 0. The zero-order valence-corrected chi connectivity index (χ0v) is 10.8. The molecule has 1 fully saturated rings. The predicted molar refractivity (Wildman–Crippen MR) is 65.3 cm³/mol. The van der Waals surface area contributed by atoms with E-state index in [2.05, 4.69) is 16.5 Å². The summed E-state index contributed by atoms with van der Waals surface area (Å²) >= 11 is 1.35. The molecule has 1 heterocycles. The zero-order chi connectivity index (χ0) is 11.5. The van der Waals surface area contributed by atoms with E-state index < -0.39 is 0 Å². The third kappa shape index (κ3) is 2.28. The monoisotopic (exact) mass is 240 g/mol. The smallest absolute Gasteiger partial charge is 0.0947 e. The van der Waals surface area contributed by atoms with Crippen LogP contribution in [0.15, 0.2) is 0 Å². The predicted octanol–water partition coefficient (Wildman–Crippen LogP) is 3.10. The average molecular weight is 240 g/mol. The Morgan fingerprint density at radius 3 is 2.81 bits per heavy atom. The number of nitrogens with zero attached hydrogens (tertiary/aromatic N) is 2. The van der Waals surface area contributed by atoms with Crippen molar-refractivity contribution >= 4 is 11.5 Å². The number of hydrogen-bond donors (Lipinski definition) is 1. The van der Waals surface area contributed by atoms with Crippen molar-refractivity contribution < 1.29 is 5.11 Å². The van der Waals surface area contributed by atoms with Gasteiger partial charge in [0.15, 0.2) is 0 Å². The highest BCUT2D eigenvalue weighted by Gasteiger charge is 2.32. The van der Waals surface area contributed by atoms with Gasteiger partial charge in [-0.25, -0.2) is 0 Å². The lowest BCUT2D eigenvalue weighted by molar-refractivity contribution is 0.0472. The van der Waals surface area contributed by atoms with Crippen molar-refractivity contribution in [1.29, 1.82) is 0 Å². The number of rotatable bonds is 3. The van der Waals surface area contributed by atoms with E-state index >= 15 is 0 Å². The summed E-state index contributed by atoms with van der Waals surface area (Å²) in [6.45, 7) is 4.17. The minimum absolute atomic E-state index is 0.342. The van der Waals surface area contributed by atoms with Crippen molar-refractivity contribution in [3.8, 4) is 0 Å². The Hall–Kier alpha value is -0.480. The van der Waals surface area contributed by atoms with Gasteiger partial charge in [0.1, 0.15) is 0 Å². The van der Waals surface area contributed by atoms with Gasteiger partial charge >= 0.3 is 0 Å². The lowest BCUT2D eigenvalue weighted by Gasteiger charge is -2.33. The van der Waals surface area contributed by atoms with Gasteiger partial charge in [0.05, 0.1) is 16.7 Å². The largest absolute Gasteiger partial charge is 0.387 e. The highest BCUT2D eigenvalue weighted by molar-refractivity contribution is 7.05.